The van der Waals surface area contributed by atoms with Gasteiger partial charge >= 0.3 is 6.16 Å². The summed E-state index contributed by atoms with van der Waals surface area (Å²) in [7, 11) is 0. The van der Waals surface area contributed by atoms with Crippen LogP contribution in [0.4, 0.5) is 10.5 Å². The quantitative estimate of drug-likeness (QED) is 0.193. The van der Waals surface area contributed by atoms with E-state index < -0.39 is 6.16 Å². The topological polar surface area (TPSA) is 67.6 Å². The van der Waals surface area contributed by atoms with Gasteiger partial charge < -0.3 is 19.3 Å². The van der Waals surface area contributed by atoms with E-state index in [1.807, 2.05) is 24.3 Å². The molecule has 38 heavy (non-hydrogen) atoms. The molecule has 5 rings (SSSR count). The summed E-state index contributed by atoms with van der Waals surface area (Å²) < 4.78 is 7.37. The second-order valence-electron chi connectivity index (χ2n) is 11.1. The van der Waals surface area contributed by atoms with Gasteiger partial charge in [-0.2, -0.15) is 0 Å². The van der Waals surface area contributed by atoms with E-state index in [1.165, 1.54) is 29.6 Å². The number of aromatic nitrogens is 2. The summed E-state index contributed by atoms with van der Waals surface area (Å²) in [5.74, 6) is 1.46. The highest BCUT2D eigenvalue weighted by atomic mass is 16.7. The number of para-hydroxylation sites is 1. The van der Waals surface area contributed by atoms with Crippen LogP contribution in [-0.4, -0.2) is 33.9 Å². The van der Waals surface area contributed by atoms with Crippen LogP contribution in [0.1, 0.15) is 57.8 Å². The number of imidazole rings is 1. The number of rotatable bonds is 8. The van der Waals surface area contributed by atoms with Crippen LogP contribution in [0.15, 0.2) is 66.7 Å². The van der Waals surface area contributed by atoms with Gasteiger partial charge in [0.15, 0.2) is 0 Å². The Kier molecular flexibility index (Phi) is 7.41. The maximum atomic E-state index is 11.1. The molecule has 1 fully saturated rings. The Bertz CT molecular complexity index is 1420. The molecule has 1 saturated heterocycles. The van der Waals surface area contributed by atoms with Gasteiger partial charge in [-0.15, -0.1) is 0 Å². The highest BCUT2D eigenvalue weighted by Crippen LogP contribution is 2.34. The Hall–Kier alpha value is -3.80. The number of carboxylic acid groups (broad SMARTS) is 1. The van der Waals surface area contributed by atoms with E-state index in [4.69, 9.17) is 14.8 Å². The summed E-state index contributed by atoms with van der Waals surface area (Å²) >= 11 is 0. The average Bonchev–Trinajstić information content (AvgIpc) is 3.23. The van der Waals surface area contributed by atoms with Gasteiger partial charge in [0.2, 0.25) is 0 Å². The van der Waals surface area contributed by atoms with Crippen LogP contribution < -0.4 is 9.64 Å². The lowest BCUT2D eigenvalue weighted by Crippen LogP contribution is -2.40. The molecular weight excluding hydrogens is 474 g/mol. The third-order valence-corrected chi connectivity index (χ3v) is 7.52. The Labute approximate surface area is 224 Å². The maximum absolute atomic E-state index is 11.1. The second kappa shape index (κ2) is 10.9. The van der Waals surface area contributed by atoms with Gasteiger partial charge in [-0.25, -0.2) is 9.78 Å². The van der Waals surface area contributed by atoms with E-state index in [0.717, 1.165) is 61.4 Å². The van der Waals surface area contributed by atoms with Gasteiger partial charge in [-0.3, -0.25) is 0 Å². The molecule has 0 radical (unpaired) electrons. The molecule has 0 saturated carbocycles. The summed E-state index contributed by atoms with van der Waals surface area (Å²) in [6.07, 6.45) is 4.37. The van der Waals surface area contributed by atoms with Crippen molar-refractivity contribution >= 4 is 22.9 Å². The van der Waals surface area contributed by atoms with Crippen molar-refractivity contribution in [3.8, 4) is 16.9 Å². The molecule has 1 aliphatic heterocycles. The molecule has 0 unspecified atom stereocenters. The summed E-state index contributed by atoms with van der Waals surface area (Å²) in [6.45, 7) is 9.84. The SMILES string of the molecule is CCCCc1nc2ccc(N3CCCC(C)(C)C3)cc2n1Cc1ccc(-c2ccccc2OC(=O)O)cc1. The smallest absolute Gasteiger partial charge is 0.449 e. The number of hydrogen-bond donors (Lipinski definition) is 1. The van der Waals surface area contributed by atoms with Crippen molar-refractivity contribution in [3.05, 3.63) is 78.1 Å². The van der Waals surface area contributed by atoms with Crippen LogP contribution in [0.25, 0.3) is 22.2 Å². The maximum Gasteiger partial charge on any atom is 0.511 e. The molecular formula is C32H37N3O3. The van der Waals surface area contributed by atoms with Gasteiger partial charge in [0.25, 0.3) is 0 Å². The first-order valence-corrected chi connectivity index (χ1v) is 13.7. The molecule has 0 bridgehead atoms. The Balaban J connectivity index is 1.46. The largest absolute Gasteiger partial charge is 0.511 e. The van der Waals surface area contributed by atoms with E-state index in [1.54, 1.807) is 12.1 Å². The fourth-order valence-corrected chi connectivity index (χ4v) is 5.56. The Morgan fingerprint density at radius 1 is 1.08 bits per heavy atom. The van der Waals surface area contributed by atoms with Gasteiger partial charge in [-0.05, 0) is 60.1 Å². The van der Waals surface area contributed by atoms with Crippen molar-refractivity contribution in [2.45, 2.75) is 59.4 Å². The van der Waals surface area contributed by atoms with Crippen molar-refractivity contribution in [2.75, 3.05) is 18.0 Å². The zero-order valence-corrected chi connectivity index (χ0v) is 22.6. The molecule has 0 amide bonds. The third-order valence-electron chi connectivity index (χ3n) is 7.52. The van der Waals surface area contributed by atoms with E-state index in [0.29, 0.717) is 11.2 Å². The van der Waals surface area contributed by atoms with Crippen LogP contribution in [0.2, 0.25) is 0 Å². The number of hydrogen-bond acceptors (Lipinski definition) is 4. The molecule has 6 nitrogen and oxygen atoms in total. The van der Waals surface area contributed by atoms with E-state index in [9.17, 15) is 4.79 Å². The summed E-state index contributed by atoms with van der Waals surface area (Å²) in [5.41, 5.74) is 6.68. The molecule has 198 valence electrons. The second-order valence-corrected chi connectivity index (χ2v) is 11.1. The van der Waals surface area contributed by atoms with E-state index >= 15 is 0 Å². The fraction of sp³-hybridized carbons (Fsp3) is 0.375. The lowest BCUT2D eigenvalue weighted by molar-refractivity contribution is 0.144. The fourth-order valence-electron chi connectivity index (χ4n) is 5.56. The Morgan fingerprint density at radius 2 is 1.87 bits per heavy atom. The van der Waals surface area contributed by atoms with Crippen molar-refractivity contribution in [1.82, 2.24) is 9.55 Å². The number of benzene rings is 3. The van der Waals surface area contributed by atoms with Crippen molar-refractivity contribution in [1.29, 1.82) is 0 Å². The van der Waals surface area contributed by atoms with E-state index in [2.05, 4.69) is 60.6 Å². The first-order valence-electron chi connectivity index (χ1n) is 13.7. The summed E-state index contributed by atoms with van der Waals surface area (Å²) in [4.78, 5) is 18.7. The lowest BCUT2D eigenvalue weighted by atomic mass is 9.84. The number of fused-ring (bicyclic) bond motifs is 1. The van der Waals surface area contributed by atoms with Crippen molar-refractivity contribution in [2.24, 2.45) is 5.41 Å². The molecule has 2 heterocycles. The minimum atomic E-state index is -1.31. The predicted octanol–water partition coefficient (Wildman–Crippen LogP) is 7.78. The van der Waals surface area contributed by atoms with Gasteiger partial charge in [-0.1, -0.05) is 69.7 Å². The number of unbranched alkanes of at least 4 members (excludes halogenated alkanes) is 1. The molecule has 1 aliphatic rings. The molecule has 1 aromatic heterocycles. The predicted molar refractivity (Wildman–Crippen MR) is 153 cm³/mol. The number of ether oxygens (including phenoxy) is 1. The van der Waals surface area contributed by atoms with Crippen LogP contribution >= 0.6 is 0 Å². The lowest BCUT2D eigenvalue weighted by Gasteiger charge is -2.39. The highest BCUT2D eigenvalue weighted by molar-refractivity contribution is 5.81. The number of anilines is 1. The summed E-state index contributed by atoms with van der Waals surface area (Å²) in [6, 6.07) is 22.2. The third kappa shape index (κ3) is 5.69. The molecule has 3 aromatic carbocycles. The zero-order chi connectivity index (χ0) is 26.7. The Morgan fingerprint density at radius 3 is 2.61 bits per heavy atom. The molecule has 0 aliphatic carbocycles. The average molecular weight is 512 g/mol. The van der Waals surface area contributed by atoms with Crippen LogP contribution in [0, 0.1) is 5.41 Å². The molecule has 0 spiro atoms. The van der Waals surface area contributed by atoms with Gasteiger partial charge in [0.1, 0.15) is 11.6 Å². The first kappa shape index (κ1) is 25.8. The highest BCUT2D eigenvalue weighted by Gasteiger charge is 2.27. The first-order chi connectivity index (χ1) is 18.3. The number of nitrogens with zero attached hydrogens (tertiary/aromatic N) is 3. The van der Waals surface area contributed by atoms with Gasteiger partial charge in [0.05, 0.1) is 11.0 Å². The number of aryl methyl sites for hydroxylation is 1. The van der Waals surface area contributed by atoms with Crippen molar-refractivity contribution < 1.29 is 14.6 Å². The minimum absolute atomic E-state index is 0.329. The molecule has 6 heteroatoms. The summed E-state index contributed by atoms with van der Waals surface area (Å²) in [5, 5.41) is 9.09. The van der Waals surface area contributed by atoms with E-state index in [-0.39, 0.29) is 0 Å². The normalized spacial score (nSPS) is 15.1. The zero-order valence-electron chi connectivity index (χ0n) is 22.6. The van der Waals surface area contributed by atoms with Crippen molar-refractivity contribution in [3.63, 3.8) is 0 Å². The van der Waals surface area contributed by atoms with Crippen LogP contribution in [0.3, 0.4) is 0 Å². The van der Waals surface area contributed by atoms with Gasteiger partial charge in [0, 0.05) is 37.3 Å². The number of carbonyl (C=O) groups is 1. The standard InChI is InChI=1S/C32H37N3O3/c1-4-5-11-30-33-27-17-16-25(34-19-8-18-32(2,3)22-34)20-28(27)35(30)21-23-12-14-24(15-13-23)26-9-6-7-10-29(26)38-31(36)37/h6-7,9-10,12-17,20H,4-5,8,11,18-19,21-22H2,1-3H3,(H,36,37). The molecule has 0 atom stereocenters. The minimum Gasteiger partial charge on any atom is -0.449 e. The van der Waals surface area contributed by atoms with Crippen LogP contribution in [-0.2, 0) is 13.0 Å². The molecule has 4 aromatic rings. The van der Waals surface area contributed by atoms with Crippen LogP contribution in [0.5, 0.6) is 5.75 Å². The molecule has 1 N–H and O–H groups in total. The number of piperidine rings is 1. The monoisotopic (exact) mass is 511 g/mol.